The highest BCUT2D eigenvalue weighted by Gasteiger charge is 2.18. The van der Waals surface area contributed by atoms with Crippen LogP contribution in [0.15, 0.2) is 5.38 Å². The first kappa shape index (κ1) is 15.1. The smallest absolute Gasteiger partial charge is 0.319 e. The molecule has 0 aromatic carbocycles. The highest BCUT2D eigenvalue weighted by molar-refractivity contribution is 7.09. The van der Waals surface area contributed by atoms with Crippen LogP contribution in [0.5, 0.6) is 0 Å². The Bertz CT molecular complexity index is 396. The molecule has 0 atom stereocenters. The third-order valence-corrected chi connectivity index (χ3v) is 3.54. The minimum Gasteiger partial charge on any atom is -0.468 e. The third-order valence-electron chi connectivity index (χ3n) is 2.71. The first-order valence-electron chi connectivity index (χ1n) is 6.11. The fraction of sp³-hybridized carbons (Fsp3) is 0.692. The maximum absolute atomic E-state index is 11.3. The summed E-state index contributed by atoms with van der Waals surface area (Å²) in [7, 11) is 1.41. The van der Waals surface area contributed by atoms with E-state index in [0.29, 0.717) is 13.1 Å². The molecule has 1 heterocycles. The number of hydrogen-bond acceptors (Lipinski definition) is 5. The summed E-state index contributed by atoms with van der Waals surface area (Å²) < 4.78 is 4.68. The summed E-state index contributed by atoms with van der Waals surface area (Å²) in [6.07, 6.45) is 0. The van der Waals surface area contributed by atoms with Crippen LogP contribution >= 0.6 is 11.3 Å². The van der Waals surface area contributed by atoms with Crippen molar-refractivity contribution in [3.8, 4) is 0 Å². The SMILES string of the molecule is CCN(CC(=O)OC)Cc1nc(C(C)(C)C)cs1. The second kappa shape index (κ2) is 6.29. The molecule has 0 aliphatic carbocycles. The van der Waals surface area contributed by atoms with Crippen LogP contribution in [0, 0.1) is 0 Å². The van der Waals surface area contributed by atoms with Crippen molar-refractivity contribution < 1.29 is 9.53 Å². The van der Waals surface area contributed by atoms with Crippen molar-refractivity contribution in [2.24, 2.45) is 0 Å². The zero-order valence-corrected chi connectivity index (χ0v) is 12.6. The molecule has 0 radical (unpaired) electrons. The Morgan fingerprint density at radius 3 is 2.61 bits per heavy atom. The number of rotatable bonds is 5. The molecule has 1 aromatic rings. The summed E-state index contributed by atoms with van der Waals surface area (Å²) in [4.78, 5) is 17.9. The van der Waals surface area contributed by atoms with Crippen molar-refractivity contribution in [1.82, 2.24) is 9.88 Å². The maximum atomic E-state index is 11.3. The lowest BCUT2D eigenvalue weighted by molar-refractivity contribution is -0.142. The molecule has 0 unspecified atom stereocenters. The average molecular weight is 270 g/mol. The Labute approximate surface area is 113 Å². The Morgan fingerprint density at radius 2 is 2.17 bits per heavy atom. The van der Waals surface area contributed by atoms with Gasteiger partial charge in [0.25, 0.3) is 0 Å². The second-order valence-corrected chi connectivity index (χ2v) is 6.20. The standard InChI is InChI=1S/C13H22N2O2S/c1-6-15(8-12(16)17-5)7-11-14-10(9-18-11)13(2,3)4/h9H,6-8H2,1-5H3. The van der Waals surface area contributed by atoms with Crippen LogP contribution < -0.4 is 0 Å². The fourth-order valence-corrected chi connectivity index (χ4v) is 2.51. The van der Waals surface area contributed by atoms with E-state index < -0.39 is 0 Å². The molecule has 1 rings (SSSR count). The van der Waals surface area contributed by atoms with Crippen LogP contribution in [0.4, 0.5) is 0 Å². The first-order chi connectivity index (χ1) is 8.36. The minimum atomic E-state index is -0.204. The number of likely N-dealkylation sites (N-methyl/N-ethyl adjacent to an activating group) is 1. The summed E-state index contributed by atoms with van der Waals surface area (Å²) in [5.41, 5.74) is 1.19. The van der Waals surface area contributed by atoms with Crippen LogP contribution in [-0.2, 0) is 21.5 Å². The van der Waals surface area contributed by atoms with Crippen molar-refractivity contribution in [3.63, 3.8) is 0 Å². The summed E-state index contributed by atoms with van der Waals surface area (Å²) in [5, 5.41) is 3.15. The molecule has 0 saturated carbocycles. The molecular formula is C13H22N2O2S. The number of esters is 1. The first-order valence-corrected chi connectivity index (χ1v) is 6.98. The van der Waals surface area contributed by atoms with E-state index in [1.54, 1.807) is 11.3 Å². The summed E-state index contributed by atoms with van der Waals surface area (Å²) >= 11 is 1.65. The van der Waals surface area contributed by atoms with Crippen LogP contribution in [0.2, 0.25) is 0 Å². The monoisotopic (exact) mass is 270 g/mol. The zero-order chi connectivity index (χ0) is 13.8. The summed E-state index contributed by atoms with van der Waals surface area (Å²) in [6, 6.07) is 0. The lowest BCUT2D eigenvalue weighted by atomic mass is 9.93. The van der Waals surface area contributed by atoms with Gasteiger partial charge in [0.2, 0.25) is 0 Å². The molecule has 18 heavy (non-hydrogen) atoms. The van der Waals surface area contributed by atoms with E-state index in [4.69, 9.17) is 0 Å². The number of ether oxygens (including phenoxy) is 1. The molecule has 0 amide bonds. The van der Waals surface area contributed by atoms with E-state index in [9.17, 15) is 4.79 Å². The lowest BCUT2D eigenvalue weighted by Gasteiger charge is -2.17. The van der Waals surface area contributed by atoms with Crippen molar-refractivity contribution in [3.05, 3.63) is 16.1 Å². The van der Waals surface area contributed by atoms with Gasteiger partial charge in [-0.3, -0.25) is 9.69 Å². The molecule has 0 fully saturated rings. The van der Waals surface area contributed by atoms with Crippen LogP contribution in [0.25, 0.3) is 0 Å². The molecule has 0 spiro atoms. The van der Waals surface area contributed by atoms with Gasteiger partial charge in [0, 0.05) is 10.8 Å². The van der Waals surface area contributed by atoms with E-state index in [1.807, 2.05) is 11.8 Å². The molecule has 5 heteroatoms. The van der Waals surface area contributed by atoms with Gasteiger partial charge in [-0.25, -0.2) is 4.98 Å². The van der Waals surface area contributed by atoms with Gasteiger partial charge in [-0.1, -0.05) is 27.7 Å². The topological polar surface area (TPSA) is 42.4 Å². The van der Waals surface area contributed by atoms with Crippen molar-refractivity contribution in [2.45, 2.75) is 39.7 Å². The van der Waals surface area contributed by atoms with Crippen LogP contribution in [-0.4, -0.2) is 36.1 Å². The summed E-state index contributed by atoms with van der Waals surface area (Å²) in [5.74, 6) is -0.204. The quantitative estimate of drug-likeness (QED) is 0.771. The number of methoxy groups -OCH3 is 1. The molecular weight excluding hydrogens is 248 g/mol. The minimum absolute atomic E-state index is 0.0775. The molecule has 0 aliphatic heterocycles. The van der Waals surface area contributed by atoms with Gasteiger partial charge < -0.3 is 4.74 Å². The van der Waals surface area contributed by atoms with E-state index in [0.717, 1.165) is 17.2 Å². The highest BCUT2D eigenvalue weighted by Crippen LogP contribution is 2.24. The van der Waals surface area contributed by atoms with Crippen molar-refractivity contribution in [1.29, 1.82) is 0 Å². The summed E-state index contributed by atoms with van der Waals surface area (Å²) in [6.45, 7) is 10.3. The Balaban J connectivity index is 2.65. The third kappa shape index (κ3) is 4.38. The Hall–Kier alpha value is -0.940. The molecule has 0 saturated heterocycles. The molecule has 4 nitrogen and oxygen atoms in total. The zero-order valence-electron chi connectivity index (χ0n) is 11.8. The van der Waals surface area contributed by atoms with Gasteiger partial charge in [0.05, 0.1) is 25.9 Å². The van der Waals surface area contributed by atoms with Gasteiger partial charge in [-0.2, -0.15) is 0 Å². The van der Waals surface area contributed by atoms with E-state index in [2.05, 4.69) is 35.9 Å². The van der Waals surface area contributed by atoms with Gasteiger partial charge in [0.15, 0.2) is 0 Å². The molecule has 0 aliphatic rings. The fourth-order valence-electron chi connectivity index (χ4n) is 1.45. The van der Waals surface area contributed by atoms with Crippen molar-refractivity contribution in [2.75, 3.05) is 20.2 Å². The average Bonchev–Trinajstić information content (AvgIpc) is 2.76. The Morgan fingerprint density at radius 1 is 1.50 bits per heavy atom. The molecule has 0 N–H and O–H groups in total. The van der Waals surface area contributed by atoms with E-state index in [1.165, 1.54) is 7.11 Å². The molecule has 0 bridgehead atoms. The number of aromatic nitrogens is 1. The molecule has 102 valence electrons. The van der Waals surface area contributed by atoms with Crippen LogP contribution in [0.1, 0.15) is 38.4 Å². The van der Waals surface area contributed by atoms with Crippen molar-refractivity contribution >= 4 is 17.3 Å². The molecule has 1 aromatic heterocycles. The number of nitrogens with zero attached hydrogens (tertiary/aromatic N) is 2. The predicted molar refractivity (Wildman–Crippen MR) is 73.8 cm³/mol. The maximum Gasteiger partial charge on any atom is 0.319 e. The predicted octanol–water partition coefficient (Wildman–Crippen LogP) is 2.44. The number of carbonyl (C=O) groups excluding carboxylic acids is 1. The van der Waals surface area contributed by atoms with Gasteiger partial charge in [0.1, 0.15) is 5.01 Å². The van der Waals surface area contributed by atoms with Gasteiger partial charge in [-0.05, 0) is 6.54 Å². The number of hydrogen-bond donors (Lipinski definition) is 0. The Kier molecular flexibility index (Phi) is 5.28. The number of thiazole rings is 1. The highest BCUT2D eigenvalue weighted by atomic mass is 32.1. The van der Waals surface area contributed by atoms with Gasteiger partial charge in [-0.15, -0.1) is 11.3 Å². The normalized spacial score (nSPS) is 11.9. The van der Waals surface area contributed by atoms with E-state index >= 15 is 0 Å². The largest absolute Gasteiger partial charge is 0.468 e. The van der Waals surface area contributed by atoms with Gasteiger partial charge >= 0.3 is 5.97 Å². The van der Waals surface area contributed by atoms with Crippen LogP contribution in [0.3, 0.4) is 0 Å². The second-order valence-electron chi connectivity index (χ2n) is 5.26. The number of carbonyl (C=O) groups is 1. The van der Waals surface area contributed by atoms with E-state index in [-0.39, 0.29) is 11.4 Å². The lowest BCUT2D eigenvalue weighted by Crippen LogP contribution is -2.30.